The molecule has 0 saturated carbocycles. The van der Waals surface area contributed by atoms with Gasteiger partial charge in [0.1, 0.15) is 23.8 Å². The van der Waals surface area contributed by atoms with Gasteiger partial charge in [-0.3, -0.25) is 9.79 Å². The Morgan fingerprint density at radius 2 is 1.70 bits per heavy atom. The molecule has 0 unspecified atom stereocenters. The van der Waals surface area contributed by atoms with Crippen LogP contribution >= 0.6 is 0 Å². The number of aromatic nitrogens is 2. The lowest BCUT2D eigenvalue weighted by molar-refractivity contribution is 0.103. The van der Waals surface area contributed by atoms with E-state index < -0.39 is 21.4 Å². The number of rotatable bonds is 8. The monoisotopic (exact) mass is 515 g/mol. The number of hydrogen-bond acceptors (Lipinski definition) is 7. The molecule has 5 rings (SSSR count). The molecule has 0 bridgehead atoms. The lowest BCUT2D eigenvalue weighted by atomic mass is 9.99. The van der Waals surface area contributed by atoms with Crippen LogP contribution in [-0.4, -0.2) is 55.9 Å². The van der Waals surface area contributed by atoms with E-state index >= 15 is 0 Å². The molecule has 0 aliphatic carbocycles. The van der Waals surface area contributed by atoms with Crippen LogP contribution in [0.3, 0.4) is 0 Å². The van der Waals surface area contributed by atoms with Gasteiger partial charge in [-0.15, -0.1) is 0 Å². The Labute approximate surface area is 215 Å². The zero-order valence-electron chi connectivity index (χ0n) is 20.4. The average molecular weight is 516 g/mol. The third-order valence-electron chi connectivity index (χ3n) is 6.00. The molecule has 37 heavy (non-hydrogen) atoms. The SMILES string of the molecule is COc1ccc(-c2nn(-c3ccccc3)c(S(=O)(=O)CC3=NCCO3)c2C(=O)c2ccc(C)cc2)cc1. The highest BCUT2D eigenvalue weighted by Crippen LogP contribution is 2.34. The van der Waals surface area contributed by atoms with Gasteiger partial charge < -0.3 is 9.47 Å². The second kappa shape index (κ2) is 10.0. The highest BCUT2D eigenvalue weighted by molar-refractivity contribution is 7.92. The normalized spacial score (nSPS) is 13.2. The summed E-state index contributed by atoms with van der Waals surface area (Å²) in [6.07, 6.45) is 0. The van der Waals surface area contributed by atoms with Gasteiger partial charge in [0.25, 0.3) is 0 Å². The molecular weight excluding hydrogens is 490 g/mol. The molecule has 8 nitrogen and oxygen atoms in total. The lowest BCUT2D eigenvalue weighted by Gasteiger charge is -2.11. The van der Waals surface area contributed by atoms with Crippen molar-refractivity contribution in [1.29, 1.82) is 0 Å². The number of methoxy groups -OCH3 is 1. The first-order valence-electron chi connectivity index (χ1n) is 11.7. The smallest absolute Gasteiger partial charge is 0.205 e. The van der Waals surface area contributed by atoms with Crippen LogP contribution in [0.15, 0.2) is 88.9 Å². The fourth-order valence-electron chi connectivity index (χ4n) is 4.14. The number of aliphatic imine (C=N–C) groups is 1. The first-order valence-corrected chi connectivity index (χ1v) is 13.4. The van der Waals surface area contributed by atoms with E-state index in [1.807, 2.05) is 25.1 Å². The number of sulfone groups is 1. The van der Waals surface area contributed by atoms with Crippen LogP contribution in [0.1, 0.15) is 21.5 Å². The molecule has 0 atom stereocenters. The van der Waals surface area contributed by atoms with Crippen LogP contribution in [-0.2, 0) is 14.6 Å². The van der Waals surface area contributed by atoms with E-state index in [-0.39, 0.29) is 22.2 Å². The summed E-state index contributed by atoms with van der Waals surface area (Å²) < 4.78 is 39.9. The van der Waals surface area contributed by atoms with Gasteiger partial charge in [0, 0.05) is 11.1 Å². The van der Waals surface area contributed by atoms with E-state index in [0.29, 0.717) is 35.7 Å². The summed E-state index contributed by atoms with van der Waals surface area (Å²) in [5, 5.41) is 4.51. The largest absolute Gasteiger partial charge is 0.497 e. The number of para-hydroxylation sites is 1. The van der Waals surface area contributed by atoms with Crippen molar-refractivity contribution in [2.45, 2.75) is 11.9 Å². The number of benzene rings is 3. The number of carbonyl (C=O) groups excluding carboxylic acids is 1. The topological polar surface area (TPSA) is 99.9 Å². The maximum absolute atomic E-state index is 14.0. The predicted octanol–water partition coefficient (Wildman–Crippen LogP) is 4.29. The number of ether oxygens (including phenoxy) is 2. The van der Waals surface area contributed by atoms with Crippen LogP contribution in [0, 0.1) is 6.92 Å². The first-order chi connectivity index (χ1) is 17.9. The number of ketones is 1. The van der Waals surface area contributed by atoms with Crippen molar-refractivity contribution in [2.24, 2.45) is 4.99 Å². The van der Waals surface area contributed by atoms with Gasteiger partial charge in [0.05, 0.1) is 24.9 Å². The fourth-order valence-corrected chi connectivity index (χ4v) is 5.68. The van der Waals surface area contributed by atoms with Crippen molar-refractivity contribution in [3.63, 3.8) is 0 Å². The van der Waals surface area contributed by atoms with Crippen molar-refractivity contribution in [3.05, 3.63) is 95.6 Å². The summed E-state index contributed by atoms with van der Waals surface area (Å²) in [5.41, 5.74) is 2.68. The summed E-state index contributed by atoms with van der Waals surface area (Å²) in [5.74, 6) is -0.162. The molecule has 1 aromatic heterocycles. The second-order valence-electron chi connectivity index (χ2n) is 8.58. The van der Waals surface area contributed by atoms with Crippen molar-refractivity contribution >= 4 is 21.5 Å². The summed E-state index contributed by atoms with van der Waals surface area (Å²) in [6, 6.07) is 22.9. The van der Waals surface area contributed by atoms with Gasteiger partial charge in [-0.2, -0.15) is 5.10 Å². The molecule has 1 aliphatic rings. The summed E-state index contributed by atoms with van der Waals surface area (Å²) >= 11 is 0. The Morgan fingerprint density at radius 1 is 1.00 bits per heavy atom. The first kappa shape index (κ1) is 24.5. The number of carbonyl (C=O) groups is 1. The zero-order chi connectivity index (χ0) is 26.0. The second-order valence-corrected chi connectivity index (χ2v) is 10.5. The molecule has 0 spiro atoms. The van der Waals surface area contributed by atoms with Crippen LogP contribution in [0.4, 0.5) is 0 Å². The summed E-state index contributed by atoms with van der Waals surface area (Å²) in [6.45, 7) is 2.65. The Balaban J connectivity index is 1.79. The quantitative estimate of drug-likeness (QED) is 0.325. The molecule has 0 N–H and O–H groups in total. The van der Waals surface area contributed by atoms with Crippen molar-refractivity contribution in [2.75, 3.05) is 26.0 Å². The molecular formula is C28H25N3O5S. The van der Waals surface area contributed by atoms with Gasteiger partial charge in [-0.05, 0) is 43.3 Å². The fraction of sp³-hybridized carbons (Fsp3) is 0.179. The maximum Gasteiger partial charge on any atom is 0.205 e. The number of aryl methyl sites for hydroxylation is 1. The minimum Gasteiger partial charge on any atom is -0.497 e. The minimum absolute atomic E-state index is 0.00327. The van der Waals surface area contributed by atoms with Gasteiger partial charge >= 0.3 is 0 Å². The molecule has 2 heterocycles. The molecule has 0 amide bonds. The third kappa shape index (κ3) is 4.90. The number of nitrogens with zero attached hydrogens (tertiary/aromatic N) is 3. The highest BCUT2D eigenvalue weighted by Gasteiger charge is 2.35. The van der Waals surface area contributed by atoms with E-state index in [9.17, 15) is 13.2 Å². The Kier molecular flexibility index (Phi) is 6.62. The molecule has 4 aromatic rings. The molecule has 188 valence electrons. The molecule has 3 aromatic carbocycles. The zero-order valence-corrected chi connectivity index (χ0v) is 21.2. The Bertz CT molecular complexity index is 1570. The van der Waals surface area contributed by atoms with Gasteiger partial charge in [0.15, 0.2) is 16.7 Å². The van der Waals surface area contributed by atoms with Gasteiger partial charge in [0.2, 0.25) is 9.84 Å². The maximum atomic E-state index is 14.0. The third-order valence-corrected chi connectivity index (χ3v) is 7.60. The van der Waals surface area contributed by atoms with E-state index in [4.69, 9.17) is 14.6 Å². The lowest BCUT2D eigenvalue weighted by Crippen LogP contribution is -2.22. The van der Waals surface area contributed by atoms with Crippen LogP contribution < -0.4 is 4.74 Å². The van der Waals surface area contributed by atoms with Crippen LogP contribution in [0.5, 0.6) is 5.75 Å². The molecule has 1 aliphatic heterocycles. The van der Waals surface area contributed by atoms with Crippen LogP contribution in [0.2, 0.25) is 0 Å². The van der Waals surface area contributed by atoms with E-state index in [0.717, 1.165) is 5.56 Å². The highest BCUT2D eigenvalue weighted by atomic mass is 32.2. The standard InChI is InChI=1S/C28H25N3O5S/c1-19-8-10-21(11-9-19)27(32)25-26(20-12-14-23(35-2)15-13-20)30-31(22-6-4-3-5-7-22)28(25)37(33,34)18-24-29-16-17-36-24/h3-15H,16-18H2,1-2H3. The van der Waals surface area contributed by atoms with Crippen molar-refractivity contribution in [3.8, 4) is 22.7 Å². The Morgan fingerprint density at radius 3 is 2.32 bits per heavy atom. The predicted molar refractivity (Wildman–Crippen MR) is 140 cm³/mol. The van der Waals surface area contributed by atoms with Gasteiger partial charge in [-0.25, -0.2) is 13.1 Å². The summed E-state index contributed by atoms with van der Waals surface area (Å²) in [4.78, 5) is 18.2. The summed E-state index contributed by atoms with van der Waals surface area (Å²) in [7, 11) is -2.56. The van der Waals surface area contributed by atoms with Crippen molar-refractivity contribution < 1.29 is 22.7 Å². The number of hydrogen-bond donors (Lipinski definition) is 0. The van der Waals surface area contributed by atoms with E-state index in [2.05, 4.69) is 4.99 Å². The van der Waals surface area contributed by atoms with Gasteiger partial charge in [-0.1, -0.05) is 48.0 Å². The van der Waals surface area contributed by atoms with Crippen LogP contribution in [0.25, 0.3) is 16.9 Å². The molecule has 0 fully saturated rings. The molecule has 0 saturated heterocycles. The van der Waals surface area contributed by atoms with E-state index in [1.54, 1.807) is 67.8 Å². The Hall–Kier alpha value is -4.24. The van der Waals surface area contributed by atoms with E-state index in [1.165, 1.54) is 4.68 Å². The molecule has 9 heteroatoms. The average Bonchev–Trinajstić information content (AvgIpc) is 3.57. The minimum atomic E-state index is -4.12. The molecule has 0 radical (unpaired) electrons. The van der Waals surface area contributed by atoms with Crippen molar-refractivity contribution in [1.82, 2.24) is 9.78 Å².